The molecule has 0 aliphatic carbocycles. The van der Waals surface area contributed by atoms with E-state index in [0.717, 1.165) is 0 Å². The van der Waals surface area contributed by atoms with Crippen LogP contribution in [-0.4, -0.2) is 37.0 Å². The number of rotatable bonds is 5. The van der Waals surface area contributed by atoms with Gasteiger partial charge in [-0.15, -0.1) is 0 Å². The van der Waals surface area contributed by atoms with Crippen LogP contribution in [0.5, 0.6) is 0 Å². The zero-order valence-corrected chi connectivity index (χ0v) is 11.6. The number of carbonyl (C=O) groups excluding carboxylic acids is 3. The molecule has 6 nitrogen and oxygen atoms in total. The van der Waals surface area contributed by atoms with Gasteiger partial charge in [-0.25, -0.2) is 4.79 Å². The maximum atomic E-state index is 11.8. The van der Waals surface area contributed by atoms with Crippen LogP contribution in [0.2, 0.25) is 0 Å². The van der Waals surface area contributed by atoms with Gasteiger partial charge >= 0.3 is 5.97 Å². The number of halogens is 1. The number of amides is 2. The Morgan fingerprint density at radius 2 is 2.33 bits per heavy atom. The molecule has 18 heavy (non-hydrogen) atoms. The number of hydrogen-bond acceptors (Lipinski definition) is 4. The fourth-order valence-electron chi connectivity index (χ4n) is 1.64. The summed E-state index contributed by atoms with van der Waals surface area (Å²) in [5.41, 5.74) is 0. The SMILES string of the molecule is C=C(Br)C[C@H](NC(=O)[C@@H]1CCC(=O)N1)C(=O)OC. The smallest absolute Gasteiger partial charge is 0.328 e. The Labute approximate surface area is 113 Å². The molecule has 1 saturated heterocycles. The van der Waals surface area contributed by atoms with Gasteiger partial charge in [0.2, 0.25) is 11.8 Å². The molecular weight excluding hydrogens is 304 g/mol. The minimum absolute atomic E-state index is 0.158. The lowest BCUT2D eigenvalue weighted by Gasteiger charge is -2.18. The predicted octanol–water partition coefficient (Wildman–Crippen LogP) is 0.221. The fourth-order valence-corrected chi connectivity index (χ4v) is 1.96. The van der Waals surface area contributed by atoms with Crippen molar-refractivity contribution in [2.24, 2.45) is 0 Å². The zero-order chi connectivity index (χ0) is 13.7. The predicted molar refractivity (Wildman–Crippen MR) is 67.8 cm³/mol. The van der Waals surface area contributed by atoms with Crippen LogP contribution in [0.1, 0.15) is 19.3 Å². The summed E-state index contributed by atoms with van der Waals surface area (Å²) in [6.45, 7) is 3.62. The van der Waals surface area contributed by atoms with Gasteiger partial charge in [0.15, 0.2) is 0 Å². The van der Waals surface area contributed by atoms with Gasteiger partial charge < -0.3 is 15.4 Å². The summed E-state index contributed by atoms with van der Waals surface area (Å²) < 4.78 is 5.17. The lowest BCUT2D eigenvalue weighted by molar-refractivity contribution is -0.145. The van der Waals surface area contributed by atoms with Crippen molar-refractivity contribution in [1.82, 2.24) is 10.6 Å². The van der Waals surface area contributed by atoms with Crippen molar-refractivity contribution in [2.45, 2.75) is 31.3 Å². The number of ether oxygens (including phenoxy) is 1. The molecule has 0 unspecified atom stereocenters. The topological polar surface area (TPSA) is 84.5 Å². The quantitative estimate of drug-likeness (QED) is 0.710. The molecule has 0 aromatic heterocycles. The first-order valence-electron chi connectivity index (χ1n) is 5.45. The van der Waals surface area contributed by atoms with E-state index < -0.39 is 18.1 Å². The summed E-state index contributed by atoms with van der Waals surface area (Å²) in [7, 11) is 1.25. The lowest BCUT2D eigenvalue weighted by atomic mass is 10.1. The first-order chi connectivity index (χ1) is 8.43. The first kappa shape index (κ1) is 14.7. The van der Waals surface area contributed by atoms with Crippen LogP contribution in [0.3, 0.4) is 0 Å². The van der Waals surface area contributed by atoms with Crippen LogP contribution in [0.15, 0.2) is 11.1 Å². The molecule has 1 heterocycles. The minimum Gasteiger partial charge on any atom is -0.467 e. The van der Waals surface area contributed by atoms with Crippen LogP contribution in [0.4, 0.5) is 0 Å². The van der Waals surface area contributed by atoms with Gasteiger partial charge in [0.05, 0.1) is 7.11 Å². The average Bonchev–Trinajstić information content (AvgIpc) is 2.73. The maximum absolute atomic E-state index is 11.8. The van der Waals surface area contributed by atoms with Crippen LogP contribution in [0, 0.1) is 0 Å². The van der Waals surface area contributed by atoms with Gasteiger partial charge in [0.1, 0.15) is 12.1 Å². The number of methoxy groups -OCH3 is 1. The molecule has 1 aliphatic heterocycles. The van der Waals surface area contributed by atoms with Gasteiger partial charge in [-0.3, -0.25) is 9.59 Å². The Morgan fingerprint density at radius 1 is 1.67 bits per heavy atom. The monoisotopic (exact) mass is 318 g/mol. The van der Waals surface area contributed by atoms with Crippen molar-refractivity contribution in [3.05, 3.63) is 11.1 Å². The largest absolute Gasteiger partial charge is 0.467 e. The number of esters is 1. The summed E-state index contributed by atoms with van der Waals surface area (Å²) in [5, 5.41) is 5.07. The molecule has 0 radical (unpaired) electrons. The van der Waals surface area contributed by atoms with Gasteiger partial charge in [-0.2, -0.15) is 0 Å². The number of carbonyl (C=O) groups is 3. The van der Waals surface area contributed by atoms with E-state index in [9.17, 15) is 14.4 Å². The molecule has 1 aliphatic rings. The van der Waals surface area contributed by atoms with Gasteiger partial charge in [-0.1, -0.05) is 22.5 Å². The number of nitrogens with one attached hydrogen (secondary N) is 2. The van der Waals surface area contributed by atoms with Gasteiger partial charge in [-0.05, 0) is 10.9 Å². The molecule has 7 heteroatoms. The second kappa shape index (κ2) is 6.53. The van der Waals surface area contributed by atoms with Gasteiger partial charge in [0, 0.05) is 12.8 Å². The molecule has 0 bridgehead atoms. The molecular formula is C11H15BrN2O4. The highest BCUT2D eigenvalue weighted by Crippen LogP contribution is 2.12. The summed E-state index contributed by atoms with van der Waals surface area (Å²) in [6, 6.07) is -1.37. The highest BCUT2D eigenvalue weighted by Gasteiger charge is 2.30. The molecule has 1 fully saturated rings. The van der Waals surface area contributed by atoms with Crippen molar-refractivity contribution < 1.29 is 19.1 Å². The molecule has 0 spiro atoms. The second-order valence-corrected chi connectivity index (χ2v) is 5.09. The van der Waals surface area contributed by atoms with Crippen molar-refractivity contribution in [2.75, 3.05) is 7.11 Å². The molecule has 2 atom stereocenters. The van der Waals surface area contributed by atoms with Crippen LogP contribution < -0.4 is 10.6 Å². The standard InChI is InChI=1S/C11H15BrN2O4/c1-6(12)5-8(11(17)18-2)14-10(16)7-3-4-9(15)13-7/h7-8H,1,3-5H2,2H3,(H,13,15)(H,14,16)/t7-,8-/m0/s1. The van der Waals surface area contributed by atoms with Gasteiger partial charge in [0.25, 0.3) is 0 Å². The minimum atomic E-state index is -0.799. The Bertz CT molecular complexity index is 383. The zero-order valence-electron chi connectivity index (χ0n) is 9.99. The molecule has 100 valence electrons. The first-order valence-corrected chi connectivity index (χ1v) is 6.24. The van der Waals surface area contributed by atoms with E-state index in [1.165, 1.54) is 7.11 Å². The maximum Gasteiger partial charge on any atom is 0.328 e. The molecule has 0 aromatic carbocycles. The van der Waals surface area contributed by atoms with Crippen molar-refractivity contribution in [3.8, 4) is 0 Å². The Hall–Kier alpha value is -1.37. The van der Waals surface area contributed by atoms with Crippen molar-refractivity contribution in [3.63, 3.8) is 0 Å². The van der Waals surface area contributed by atoms with Crippen molar-refractivity contribution in [1.29, 1.82) is 0 Å². The highest BCUT2D eigenvalue weighted by atomic mass is 79.9. The van der Waals surface area contributed by atoms with E-state index >= 15 is 0 Å². The second-order valence-electron chi connectivity index (χ2n) is 3.96. The molecule has 0 aromatic rings. The Morgan fingerprint density at radius 3 is 2.78 bits per heavy atom. The Balaban J connectivity index is 2.59. The van der Waals surface area contributed by atoms with Crippen molar-refractivity contribution >= 4 is 33.7 Å². The molecule has 2 N–H and O–H groups in total. The number of hydrogen-bond donors (Lipinski definition) is 2. The summed E-state index contributed by atoms with van der Waals surface area (Å²) in [4.78, 5) is 34.3. The fraction of sp³-hybridized carbons (Fsp3) is 0.545. The molecule has 1 rings (SSSR count). The van der Waals surface area contributed by atoms with E-state index in [4.69, 9.17) is 0 Å². The normalized spacial score (nSPS) is 19.9. The molecule has 0 saturated carbocycles. The van der Waals surface area contributed by atoms with Crippen LogP contribution >= 0.6 is 15.9 Å². The Kier molecular flexibility index (Phi) is 5.33. The van der Waals surface area contributed by atoms with E-state index in [2.05, 4.69) is 37.9 Å². The third kappa shape index (κ3) is 4.14. The summed E-state index contributed by atoms with van der Waals surface area (Å²) >= 11 is 3.13. The summed E-state index contributed by atoms with van der Waals surface area (Å²) in [5.74, 6) is -1.09. The highest BCUT2D eigenvalue weighted by molar-refractivity contribution is 9.11. The van der Waals surface area contributed by atoms with E-state index in [0.29, 0.717) is 17.3 Å². The third-order valence-corrected chi connectivity index (χ3v) is 2.86. The molecule has 2 amide bonds. The summed E-state index contributed by atoms with van der Waals surface area (Å²) in [6.07, 6.45) is 0.999. The third-order valence-electron chi connectivity index (χ3n) is 2.54. The average molecular weight is 319 g/mol. The van der Waals surface area contributed by atoms with Crippen LogP contribution in [0.25, 0.3) is 0 Å². The van der Waals surface area contributed by atoms with E-state index in [-0.39, 0.29) is 18.2 Å². The van der Waals surface area contributed by atoms with E-state index in [1.54, 1.807) is 0 Å². The lowest BCUT2D eigenvalue weighted by Crippen LogP contribution is -2.49. The van der Waals surface area contributed by atoms with Crippen LogP contribution in [-0.2, 0) is 19.1 Å². The van der Waals surface area contributed by atoms with E-state index in [1.807, 2.05) is 0 Å².